The molecule has 0 saturated carbocycles. The van der Waals surface area contributed by atoms with Crippen LogP contribution in [0.5, 0.6) is 0 Å². The summed E-state index contributed by atoms with van der Waals surface area (Å²) in [4.78, 5) is 83.4. The number of nitrogens with zero attached hydrogens (tertiary/aromatic N) is 1. The van der Waals surface area contributed by atoms with Crippen molar-refractivity contribution < 1.29 is 43.0 Å². The number of ether oxygens (including phenoxy) is 2. The van der Waals surface area contributed by atoms with Gasteiger partial charge < -0.3 is 20.1 Å². The molecule has 0 bridgehead atoms. The van der Waals surface area contributed by atoms with Crippen LogP contribution < -0.4 is 10.6 Å². The van der Waals surface area contributed by atoms with Gasteiger partial charge in [-0.2, -0.15) is 11.8 Å². The maximum atomic E-state index is 12.0. The highest BCUT2D eigenvalue weighted by atomic mass is 32.2. The van der Waals surface area contributed by atoms with E-state index in [0.29, 0.717) is 26.1 Å². The molecule has 0 aromatic carbocycles. The molecule has 214 valence electrons. The van der Waals surface area contributed by atoms with E-state index in [1.165, 1.54) is 23.7 Å². The normalized spacial score (nSPS) is 15.0. The number of imide groups is 1. The molecule has 1 saturated heterocycles. The highest BCUT2D eigenvalue weighted by molar-refractivity contribution is 8.00. The minimum atomic E-state index is -0.401. The molecule has 12 nitrogen and oxygen atoms in total. The van der Waals surface area contributed by atoms with E-state index in [2.05, 4.69) is 10.6 Å². The molecule has 4 amide bonds. The van der Waals surface area contributed by atoms with Gasteiger partial charge in [0.1, 0.15) is 11.6 Å². The molecule has 1 atom stereocenters. The number of Topliss-reactive ketones (excluding diaryl/α,β-unsaturated/α-hetero) is 3. The van der Waals surface area contributed by atoms with Crippen LogP contribution in [-0.2, 0) is 43.0 Å². The van der Waals surface area contributed by atoms with Gasteiger partial charge in [-0.3, -0.25) is 38.5 Å². The van der Waals surface area contributed by atoms with Gasteiger partial charge >= 0.3 is 0 Å². The van der Waals surface area contributed by atoms with Gasteiger partial charge in [0.2, 0.25) is 23.6 Å². The molecular weight excluding hydrogens is 518 g/mol. The SMILES string of the molecule is CNC(=O)CCC(=O)CNC(=O)CCC(=O)CCOCCOCCCC(=O)CCN1C(=O)CC(SC)C1=O. The molecule has 0 aliphatic carbocycles. The van der Waals surface area contributed by atoms with Crippen molar-refractivity contribution in [1.82, 2.24) is 15.5 Å². The highest BCUT2D eigenvalue weighted by Crippen LogP contribution is 2.23. The van der Waals surface area contributed by atoms with Gasteiger partial charge in [0.05, 0.1) is 31.6 Å². The van der Waals surface area contributed by atoms with Crippen molar-refractivity contribution in [2.75, 3.05) is 52.8 Å². The van der Waals surface area contributed by atoms with E-state index in [-0.39, 0.29) is 112 Å². The number of nitrogens with one attached hydrogen (secondary N) is 2. The average Bonchev–Trinajstić information content (AvgIpc) is 3.18. The van der Waals surface area contributed by atoms with Crippen molar-refractivity contribution in [1.29, 1.82) is 0 Å². The largest absolute Gasteiger partial charge is 0.379 e. The summed E-state index contributed by atoms with van der Waals surface area (Å²) in [7, 11) is 1.48. The zero-order chi connectivity index (χ0) is 28.3. The average molecular weight is 558 g/mol. The van der Waals surface area contributed by atoms with E-state index in [9.17, 15) is 33.6 Å². The standard InChI is InChI=1S/C25H39N3O9S/c1-26-22(32)7-6-20(31)17-27-23(33)8-5-19(30)10-13-37-15-14-36-12-3-4-18(29)9-11-28-24(34)16-21(38-2)25(28)35/h21H,3-17H2,1-2H3,(H,26,32)(H,27,33). The summed E-state index contributed by atoms with van der Waals surface area (Å²) in [6.07, 6.45) is 3.25. The molecule has 1 aliphatic rings. The Hall–Kier alpha value is -2.64. The topological polar surface area (TPSA) is 165 Å². The first-order valence-electron chi connectivity index (χ1n) is 12.7. The van der Waals surface area contributed by atoms with E-state index in [0.717, 1.165) is 0 Å². The van der Waals surface area contributed by atoms with Gasteiger partial charge in [-0.15, -0.1) is 0 Å². The quantitative estimate of drug-likeness (QED) is 0.139. The van der Waals surface area contributed by atoms with E-state index >= 15 is 0 Å². The van der Waals surface area contributed by atoms with E-state index < -0.39 is 5.91 Å². The number of carbonyl (C=O) groups excluding carboxylic acids is 7. The summed E-state index contributed by atoms with van der Waals surface area (Å²) in [5.74, 6) is -1.51. The van der Waals surface area contributed by atoms with Crippen molar-refractivity contribution in [2.24, 2.45) is 0 Å². The monoisotopic (exact) mass is 557 g/mol. The van der Waals surface area contributed by atoms with Gasteiger partial charge in [-0.1, -0.05) is 0 Å². The highest BCUT2D eigenvalue weighted by Gasteiger charge is 2.37. The zero-order valence-corrected chi connectivity index (χ0v) is 23.0. The minimum absolute atomic E-state index is 0.0215. The number of rotatable bonds is 22. The van der Waals surface area contributed by atoms with Crippen LogP contribution in [0.4, 0.5) is 0 Å². The van der Waals surface area contributed by atoms with Crippen LogP contribution in [0.3, 0.4) is 0 Å². The van der Waals surface area contributed by atoms with Gasteiger partial charge in [0, 0.05) is 71.6 Å². The number of hydrogen-bond acceptors (Lipinski definition) is 10. The third kappa shape index (κ3) is 14.3. The predicted octanol–water partition coefficient (Wildman–Crippen LogP) is 0.200. The van der Waals surface area contributed by atoms with Crippen molar-refractivity contribution in [2.45, 2.75) is 63.0 Å². The fraction of sp³-hybridized carbons (Fsp3) is 0.720. The third-order valence-electron chi connectivity index (χ3n) is 5.77. The first-order chi connectivity index (χ1) is 18.2. The van der Waals surface area contributed by atoms with E-state index in [4.69, 9.17) is 9.47 Å². The number of likely N-dealkylation sites (tertiary alicyclic amines) is 1. The Morgan fingerprint density at radius 1 is 0.816 bits per heavy atom. The van der Waals surface area contributed by atoms with Crippen LogP contribution in [-0.4, -0.2) is 104 Å². The fourth-order valence-electron chi connectivity index (χ4n) is 3.44. The minimum Gasteiger partial charge on any atom is -0.379 e. The van der Waals surface area contributed by atoms with Crippen molar-refractivity contribution in [3.63, 3.8) is 0 Å². The van der Waals surface area contributed by atoms with Crippen LogP contribution in [0, 0.1) is 0 Å². The number of ketones is 3. The first kappa shape index (κ1) is 33.4. The summed E-state index contributed by atoms with van der Waals surface area (Å²) in [5.41, 5.74) is 0. The lowest BCUT2D eigenvalue weighted by Crippen LogP contribution is -2.33. The number of hydrogen-bond donors (Lipinski definition) is 2. The van der Waals surface area contributed by atoms with Gasteiger partial charge in [-0.05, 0) is 12.7 Å². The molecule has 1 heterocycles. The fourth-order valence-corrected chi connectivity index (χ4v) is 4.08. The predicted molar refractivity (Wildman–Crippen MR) is 139 cm³/mol. The zero-order valence-electron chi connectivity index (χ0n) is 22.2. The second-order valence-electron chi connectivity index (χ2n) is 8.71. The van der Waals surface area contributed by atoms with Crippen molar-refractivity contribution in [3.05, 3.63) is 0 Å². The van der Waals surface area contributed by atoms with Crippen LogP contribution in [0.1, 0.15) is 57.8 Å². The van der Waals surface area contributed by atoms with Crippen LogP contribution in [0.15, 0.2) is 0 Å². The Kier molecular flexibility index (Phi) is 17.1. The maximum absolute atomic E-state index is 12.0. The Morgan fingerprint density at radius 3 is 2.11 bits per heavy atom. The lowest BCUT2D eigenvalue weighted by molar-refractivity contribution is -0.138. The van der Waals surface area contributed by atoms with E-state index in [1.807, 2.05) is 0 Å². The number of carbonyl (C=O) groups is 7. The molecule has 1 unspecified atom stereocenters. The smallest absolute Gasteiger partial charge is 0.242 e. The number of amides is 4. The summed E-state index contributed by atoms with van der Waals surface area (Å²) >= 11 is 1.34. The first-order valence-corrected chi connectivity index (χ1v) is 14.0. The molecule has 2 N–H and O–H groups in total. The van der Waals surface area contributed by atoms with Gasteiger partial charge in [-0.25, -0.2) is 0 Å². The molecule has 13 heteroatoms. The Labute approximate surface area is 227 Å². The molecule has 1 fully saturated rings. The summed E-state index contributed by atoms with van der Waals surface area (Å²) < 4.78 is 10.8. The Bertz CT molecular complexity index is 850. The van der Waals surface area contributed by atoms with Gasteiger partial charge in [0.25, 0.3) is 0 Å². The molecule has 0 aromatic rings. The molecule has 0 spiro atoms. The molecule has 0 radical (unpaired) electrons. The molecule has 1 rings (SSSR count). The summed E-state index contributed by atoms with van der Waals surface area (Å²) in [5, 5.41) is 4.52. The van der Waals surface area contributed by atoms with Crippen molar-refractivity contribution >= 4 is 52.7 Å². The van der Waals surface area contributed by atoms with Crippen LogP contribution in [0.2, 0.25) is 0 Å². The van der Waals surface area contributed by atoms with Crippen LogP contribution in [0.25, 0.3) is 0 Å². The maximum Gasteiger partial charge on any atom is 0.242 e. The molecule has 0 aromatic heterocycles. The van der Waals surface area contributed by atoms with Crippen molar-refractivity contribution in [3.8, 4) is 0 Å². The lowest BCUT2D eigenvalue weighted by atomic mass is 10.1. The van der Waals surface area contributed by atoms with Crippen LogP contribution >= 0.6 is 11.8 Å². The third-order valence-corrected chi connectivity index (χ3v) is 6.70. The lowest BCUT2D eigenvalue weighted by Gasteiger charge is -2.13. The molecule has 38 heavy (non-hydrogen) atoms. The molecule has 1 aliphatic heterocycles. The Balaban J connectivity index is 1.96. The molecular formula is C25H39N3O9S. The second-order valence-corrected chi connectivity index (χ2v) is 9.75. The van der Waals surface area contributed by atoms with Gasteiger partial charge in [0.15, 0.2) is 5.78 Å². The summed E-state index contributed by atoms with van der Waals surface area (Å²) in [6.45, 7) is 1.13. The number of thioether (sulfide) groups is 1. The summed E-state index contributed by atoms with van der Waals surface area (Å²) in [6, 6.07) is 0. The van der Waals surface area contributed by atoms with E-state index in [1.54, 1.807) is 6.26 Å². The second kappa shape index (κ2) is 19.4. The Morgan fingerprint density at radius 2 is 1.45 bits per heavy atom.